The highest BCUT2D eigenvalue weighted by atomic mass is 35.5. The number of aromatic nitrogens is 2. The van der Waals surface area contributed by atoms with E-state index in [-0.39, 0.29) is 22.7 Å². The third-order valence-electron chi connectivity index (χ3n) is 2.59. The molecule has 0 amide bonds. The van der Waals surface area contributed by atoms with E-state index in [4.69, 9.17) is 16.3 Å². The monoisotopic (exact) mass is 338 g/mol. The molecule has 0 saturated carbocycles. The molecular weight excluding hydrogens is 320 g/mol. The summed E-state index contributed by atoms with van der Waals surface area (Å²) < 4.78 is 29.9. The maximum absolute atomic E-state index is 11.6. The maximum Gasteiger partial charge on any atom is 0.231 e. The van der Waals surface area contributed by atoms with Crippen molar-refractivity contribution in [1.29, 1.82) is 0 Å². The minimum absolute atomic E-state index is 0.0140. The second-order valence-corrected chi connectivity index (χ2v) is 13.6. The van der Waals surface area contributed by atoms with Gasteiger partial charge in [0, 0.05) is 20.9 Å². The maximum atomic E-state index is 11.6. The summed E-state index contributed by atoms with van der Waals surface area (Å²) in [6.45, 7) is 7.09. The zero-order valence-electron chi connectivity index (χ0n) is 12.0. The molecule has 0 fully saturated rings. The number of halogens is 1. The SMILES string of the molecule is C[Si](C)(C)CCOCn1c(S(C)(=O)=O)nc(Cl)c1C=O. The summed E-state index contributed by atoms with van der Waals surface area (Å²) in [5.74, 6) is 0. The van der Waals surface area contributed by atoms with Gasteiger partial charge in [-0.25, -0.2) is 13.4 Å². The van der Waals surface area contributed by atoms with Crippen LogP contribution in [0.4, 0.5) is 0 Å². The Kier molecular flexibility index (Phi) is 5.53. The molecule has 1 rings (SSSR count). The fourth-order valence-corrected chi connectivity index (χ4v) is 3.31. The van der Waals surface area contributed by atoms with E-state index in [9.17, 15) is 13.2 Å². The lowest BCUT2D eigenvalue weighted by atomic mass is 10.5. The zero-order chi connectivity index (χ0) is 15.6. The summed E-state index contributed by atoms with van der Waals surface area (Å²) in [5.41, 5.74) is 0.0140. The topological polar surface area (TPSA) is 78.3 Å². The number of rotatable bonds is 7. The van der Waals surface area contributed by atoms with Gasteiger partial charge in [0.2, 0.25) is 15.0 Å². The fraction of sp³-hybridized carbons (Fsp3) is 0.636. The third-order valence-corrected chi connectivity index (χ3v) is 5.54. The van der Waals surface area contributed by atoms with Crippen molar-refractivity contribution in [1.82, 2.24) is 9.55 Å². The van der Waals surface area contributed by atoms with Crippen molar-refractivity contribution in [3.05, 3.63) is 10.8 Å². The summed E-state index contributed by atoms with van der Waals surface area (Å²) in [6, 6.07) is 0.945. The molecule has 1 heterocycles. The van der Waals surface area contributed by atoms with Crippen LogP contribution in [-0.2, 0) is 21.3 Å². The molecule has 1 aromatic rings. The Bertz CT molecular complexity index is 592. The molecule has 20 heavy (non-hydrogen) atoms. The Labute approximate surface area is 125 Å². The second kappa shape index (κ2) is 6.38. The first kappa shape index (κ1) is 17.3. The Morgan fingerprint density at radius 2 is 2.00 bits per heavy atom. The van der Waals surface area contributed by atoms with Crippen LogP contribution in [0.25, 0.3) is 0 Å². The van der Waals surface area contributed by atoms with Crippen molar-refractivity contribution in [2.45, 2.75) is 37.6 Å². The van der Waals surface area contributed by atoms with Crippen molar-refractivity contribution < 1.29 is 17.9 Å². The van der Waals surface area contributed by atoms with Crippen LogP contribution in [0.2, 0.25) is 30.8 Å². The van der Waals surface area contributed by atoms with Crippen molar-refractivity contribution in [3.8, 4) is 0 Å². The first-order valence-electron chi connectivity index (χ1n) is 6.05. The van der Waals surface area contributed by atoms with Gasteiger partial charge in [-0.3, -0.25) is 9.36 Å². The lowest BCUT2D eigenvalue weighted by Crippen LogP contribution is -2.22. The van der Waals surface area contributed by atoms with E-state index < -0.39 is 17.9 Å². The second-order valence-electron chi connectivity index (χ2n) is 5.74. The quantitative estimate of drug-likeness (QED) is 0.432. The number of sulfone groups is 1. The average Bonchev–Trinajstić information content (AvgIpc) is 2.59. The molecule has 1 aromatic heterocycles. The van der Waals surface area contributed by atoms with Crippen LogP contribution >= 0.6 is 11.6 Å². The lowest BCUT2D eigenvalue weighted by molar-refractivity contribution is 0.0777. The molecule has 114 valence electrons. The van der Waals surface area contributed by atoms with Crippen molar-refractivity contribution in [2.75, 3.05) is 12.9 Å². The molecule has 0 saturated heterocycles. The predicted octanol–water partition coefficient (Wildman–Crippen LogP) is 2.06. The standard InChI is InChI=1S/C11H19ClN2O4SSi/c1-19(16,17)11-13-10(12)9(7-15)14(11)8-18-5-6-20(2,3)4/h7H,5-6,8H2,1-4H3. The van der Waals surface area contributed by atoms with Gasteiger partial charge in [0.05, 0.1) is 0 Å². The zero-order valence-corrected chi connectivity index (χ0v) is 14.6. The minimum atomic E-state index is -3.57. The van der Waals surface area contributed by atoms with E-state index in [1.54, 1.807) is 0 Å². The third kappa shape index (κ3) is 4.69. The van der Waals surface area contributed by atoms with E-state index in [1.165, 1.54) is 4.57 Å². The molecule has 0 aliphatic rings. The van der Waals surface area contributed by atoms with E-state index in [2.05, 4.69) is 24.6 Å². The Balaban J connectivity index is 2.91. The molecule has 0 N–H and O–H groups in total. The molecule has 0 atom stereocenters. The summed E-state index contributed by atoms with van der Waals surface area (Å²) in [7, 11) is -4.80. The molecular formula is C11H19ClN2O4SSi. The highest BCUT2D eigenvalue weighted by Gasteiger charge is 2.22. The normalized spacial score (nSPS) is 12.7. The van der Waals surface area contributed by atoms with Gasteiger partial charge in [0.15, 0.2) is 11.4 Å². The van der Waals surface area contributed by atoms with Crippen LogP contribution in [0.5, 0.6) is 0 Å². The van der Waals surface area contributed by atoms with Gasteiger partial charge in [-0.1, -0.05) is 31.2 Å². The highest BCUT2D eigenvalue weighted by molar-refractivity contribution is 7.90. The number of hydrogen-bond donors (Lipinski definition) is 0. The molecule has 0 bridgehead atoms. The number of aldehydes is 1. The summed E-state index contributed by atoms with van der Waals surface area (Å²) in [4.78, 5) is 14.7. The van der Waals surface area contributed by atoms with Crippen LogP contribution in [-0.4, -0.2) is 45.2 Å². The van der Waals surface area contributed by atoms with E-state index in [0.717, 1.165) is 12.3 Å². The molecule has 0 aliphatic carbocycles. The number of imidazole rings is 1. The molecule has 0 unspecified atom stereocenters. The van der Waals surface area contributed by atoms with Crippen LogP contribution in [0.3, 0.4) is 0 Å². The van der Waals surface area contributed by atoms with Crippen LogP contribution in [0, 0.1) is 0 Å². The van der Waals surface area contributed by atoms with Gasteiger partial charge >= 0.3 is 0 Å². The molecule has 0 spiro atoms. The number of carbonyl (C=O) groups is 1. The van der Waals surface area contributed by atoms with Gasteiger partial charge < -0.3 is 4.74 Å². The average molecular weight is 339 g/mol. The van der Waals surface area contributed by atoms with Gasteiger partial charge in [-0.15, -0.1) is 0 Å². The molecule has 6 nitrogen and oxygen atoms in total. The minimum Gasteiger partial charge on any atom is -0.361 e. The Morgan fingerprint density at radius 1 is 1.40 bits per heavy atom. The number of hydrogen-bond acceptors (Lipinski definition) is 5. The van der Waals surface area contributed by atoms with E-state index in [1.807, 2.05) is 0 Å². The summed E-state index contributed by atoms with van der Waals surface area (Å²) in [5, 5.41) is -0.383. The van der Waals surface area contributed by atoms with Crippen LogP contribution < -0.4 is 0 Å². The van der Waals surface area contributed by atoms with Crippen molar-refractivity contribution >= 4 is 35.8 Å². The summed E-state index contributed by atoms with van der Waals surface area (Å²) >= 11 is 5.77. The fourth-order valence-electron chi connectivity index (χ4n) is 1.47. The molecule has 9 heteroatoms. The van der Waals surface area contributed by atoms with Gasteiger partial charge in [-0.2, -0.15) is 0 Å². The molecule has 0 radical (unpaired) electrons. The van der Waals surface area contributed by atoms with Crippen LogP contribution in [0.15, 0.2) is 5.16 Å². The lowest BCUT2D eigenvalue weighted by Gasteiger charge is -2.16. The Hall–Kier alpha value is -0.703. The molecule has 0 aromatic carbocycles. The number of nitrogens with zero attached hydrogens (tertiary/aromatic N) is 2. The van der Waals surface area contributed by atoms with E-state index in [0.29, 0.717) is 12.9 Å². The largest absolute Gasteiger partial charge is 0.361 e. The van der Waals surface area contributed by atoms with Gasteiger partial charge in [0.25, 0.3) is 0 Å². The van der Waals surface area contributed by atoms with Crippen molar-refractivity contribution in [3.63, 3.8) is 0 Å². The van der Waals surface area contributed by atoms with Crippen molar-refractivity contribution in [2.24, 2.45) is 0 Å². The first-order valence-corrected chi connectivity index (χ1v) is 12.0. The number of ether oxygens (including phenoxy) is 1. The van der Waals surface area contributed by atoms with E-state index >= 15 is 0 Å². The summed E-state index contributed by atoms with van der Waals surface area (Å²) in [6.07, 6.45) is 1.49. The van der Waals surface area contributed by atoms with Gasteiger partial charge in [0.1, 0.15) is 12.4 Å². The number of carbonyl (C=O) groups excluding carboxylic acids is 1. The highest BCUT2D eigenvalue weighted by Crippen LogP contribution is 2.19. The molecule has 0 aliphatic heterocycles. The Morgan fingerprint density at radius 3 is 2.45 bits per heavy atom. The van der Waals surface area contributed by atoms with Crippen LogP contribution in [0.1, 0.15) is 10.5 Å². The first-order chi connectivity index (χ1) is 9.06. The van der Waals surface area contributed by atoms with Gasteiger partial charge in [-0.05, 0) is 6.04 Å². The smallest absolute Gasteiger partial charge is 0.231 e. The predicted molar refractivity (Wildman–Crippen MR) is 79.8 cm³/mol.